The van der Waals surface area contributed by atoms with Gasteiger partial charge < -0.3 is 4.90 Å². The van der Waals surface area contributed by atoms with E-state index >= 15 is 0 Å². The molecule has 0 fully saturated rings. The molecule has 1 amide bonds. The van der Waals surface area contributed by atoms with E-state index in [1.807, 2.05) is 85.7 Å². The number of rotatable bonds is 4. The maximum atomic E-state index is 13.6. The first kappa shape index (κ1) is 19.2. The fourth-order valence-corrected chi connectivity index (χ4v) is 3.85. The van der Waals surface area contributed by atoms with E-state index in [9.17, 15) is 4.79 Å². The zero-order chi connectivity index (χ0) is 21.4. The normalized spacial score (nSPS) is 12.8. The summed E-state index contributed by atoms with van der Waals surface area (Å²) in [6.45, 7) is 5.09. The number of benzene rings is 2. The third kappa shape index (κ3) is 3.61. The fourth-order valence-electron chi connectivity index (χ4n) is 3.85. The zero-order valence-corrected chi connectivity index (χ0v) is 17.6. The summed E-state index contributed by atoms with van der Waals surface area (Å²) in [5, 5.41) is 4.79. The van der Waals surface area contributed by atoms with E-state index in [1.54, 1.807) is 4.68 Å². The summed E-state index contributed by atoms with van der Waals surface area (Å²) in [4.78, 5) is 24.4. The molecule has 1 aliphatic heterocycles. The van der Waals surface area contributed by atoms with E-state index < -0.39 is 0 Å². The molecule has 2 aromatic heterocycles. The fraction of sp³-hybridized carbons (Fsp3) is 0.200. The second-order valence-corrected chi connectivity index (χ2v) is 7.81. The third-order valence-electron chi connectivity index (χ3n) is 5.60. The first-order chi connectivity index (χ1) is 15.1. The molecule has 0 saturated carbocycles. The molecule has 31 heavy (non-hydrogen) atoms. The molecule has 0 bridgehead atoms. The van der Waals surface area contributed by atoms with Crippen LogP contribution in [0.25, 0.3) is 16.9 Å². The van der Waals surface area contributed by atoms with Gasteiger partial charge in [0.25, 0.3) is 5.91 Å². The SMILES string of the molecule is CCc1ncc2c(n1)CN(C(=O)c1cn(-c3ccccc3)nc1-c1ccc(C)cc1)C2. The highest BCUT2D eigenvalue weighted by Gasteiger charge is 2.29. The molecule has 0 spiro atoms. The monoisotopic (exact) mass is 409 g/mol. The molecular formula is C25H23N5O. The Bertz CT molecular complexity index is 1240. The van der Waals surface area contributed by atoms with E-state index in [4.69, 9.17) is 5.10 Å². The van der Waals surface area contributed by atoms with E-state index in [-0.39, 0.29) is 5.91 Å². The number of carbonyl (C=O) groups is 1. The van der Waals surface area contributed by atoms with Crippen LogP contribution in [0.3, 0.4) is 0 Å². The van der Waals surface area contributed by atoms with E-state index in [2.05, 4.69) is 9.97 Å². The van der Waals surface area contributed by atoms with Crippen molar-refractivity contribution in [3.8, 4) is 16.9 Å². The van der Waals surface area contributed by atoms with Crippen molar-refractivity contribution in [3.63, 3.8) is 0 Å². The van der Waals surface area contributed by atoms with E-state index in [1.165, 1.54) is 5.56 Å². The molecule has 6 heteroatoms. The number of hydrogen-bond donors (Lipinski definition) is 0. The van der Waals surface area contributed by atoms with Crippen molar-refractivity contribution in [1.82, 2.24) is 24.6 Å². The second-order valence-electron chi connectivity index (χ2n) is 7.81. The van der Waals surface area contributed by atoms with Crippen LogP contribution < -0.4 is 0 Å². The Morgan fingerprint density at radius 2 is 1.81 bits per heavy atom. The molecular weight excluding hydrogens is 386 g/mol. The predicted molar refractivity (Wildman–Crippen MR) is 119 cm³/mol. The van der Waals surface area contributed by atoms with Gasteiger partial charge in [0.05, 0.1) is 23.5 Å². The van der Waals surface area contributed by atoms with E-state index in [0.717, 1.165) is 34.8 Å². The lowest BCUT2D eigenvalue weighted by Crippen LogP contribution is -2.25. The Morgan fingerprint density at radius 3 is 2.55 bits per heavy atom. The van der Waals surface area contributed by atoms with Crippen LogP contribution in [-0.4, -0.2) is 30.6 Å². The summed E-state index contributed by atoms with van der Waals surface area (Å²) in [5.41, 5.74) is 6.23. The van der Waals surface area contributed by atoms with Crippen molar-refractivity contribution in [3.05, 3.63) is 95.2 Å². The van der Waals surface area contributed by atoms with Gasteiger partial charge in [0.15, 0.2) is 0 Å². The van der Waals surface area contributed by atoms with E-state index in [0.29, 0.717) is 24.3 Å². The van der Waals surface area contributed by atoms with Crippen LogP contribution in [0.15, 0.2) is 67.0 Å². The number of fused-ring (bicyclic) bond motifs is 1. The van der Waals surface area contributed by atoms with Gasteiger partial charge in [-0.25, -0.2) is 14.6 Å². The molecule has 0 aliphatic carbocycles. The van der Waals surface area contributed by atoms with Gasteiger partial charge >= 0.3 is 0 Å². The van der Waals surface area contributed by atoms with Crippen LogP contribution in [0, 0.1) is 6.92 Å². The Labute approximate surface area is 181 Å². The number of para-hydroxylation sites is 1. The molecule has 1 aliphatic rings. The van der Waals surface area contributed by atoms with Crippen molar-refractivity contribution < 1.29 is 4.79 Å². The minimum atomic E-state index is -0.0474. The van der Waals surface area contributed by atoms with Crippen LogP contribution >= 0.6 is 0 Å². The van der Waals surface area contributed by atoms with Crippen LogP contribution in [0.4, 0.5) is 0 Å². The van der Waals surface area contributed by atoms with Crippen molar-refractivity contribution in [2.24, 2.45) is 0 Å². The number of hydrogen-bond acceptors (Lipinski definition) is 4. The second kappa shape index (κ2) is 7.80. The first-order valence-corrected chi connectivity index (χ1v) is 10.5. The van der Waals surface area contributed by atoms with Gasteiger partial charge in [-0.3, -0.25) is 4.79 Å². The molecule has 4 aromatic rings. The highest BCUT2D eigenvalue weighted by atomic mass is 16.2. The quantitative estimate of drug-likeness (QED) is 0.502. The lowest BCUT2D eigenvalue weighted by atomic mass is 10.1. The highest BCUT2D eigenvalue weighted by Crippen LogP contribution is 2.28. The van der Waals surface area contributed by atoms with Crippen LogP contribution in [0.5, 0.6) is 0 Å². The van der Waals surface area contributed by atoms with Gasteiger partial charge in [0, 0.05) is 36.5 Å². The van der Waals surface area contributed by atoms with Crippen molar-refractivity contribution >= 4 is 5.91 Å². The molecule has 154 valence electrons. The Morgan fingerprint density at radius 1 is 1.03 bits per heavy atom. The molecule has 0 N–H and O–H groups in total. The van der Waals surface area contributed by atoms with Gasteiger partial charge in [-0.1, -0.05) is 55.0 Å². The number of aromatic nitrogens is 4. The number of carbonyl (C=O) groups excluding carboxylic acids is 1. The predicted octanol–water partition coefficient (Wildman–Crippen LogP) is 4.36. The number of aryl methyl sites for hydroxylation is 2. The summed E-state index contributed by atoms with van der Waals surface area (Å²) in [6, 6.07) is 18.0. The number of amides is 1. The smallest absolute Gasteiger partial charge is 0.258 e. The Balaban J connectivity index is 1.53. The van der Waals surface area contributed by atoms with Gasteiger partial charge in [0.2, 0.25) is 0 Å². The lowest BCUT2D eigenvalue weighted by Gasteiger charge is -2.14. The van der Waals surface area contributed by atoms with Crippen molar-refractivity contribution in [2.45, 2.75) is 33.4 Å². The molecule has 6 nitrogen and oxygen atoms in total. The Hall–Kier alpha value is -3.80. The maximum Gasteiger partial charge on any atom is 0.258 e. The third-order valence-corrected chi connectivity index (χ3v) is 5.60. The van der Waals surface area contributed by atoms with Gasteiger partial charge in [-0.15, -0.1) is 0 Å². The van der Waals surface area contributed by atoms with Crippen molar-refractivity contribution in [2.75, 3.05) is 0 Å². The maximum absolute atomic E-state index is 13.6. The molecule has 5 rings (SSSR count). The molecule has 0 unspecified atom stereocenters. The molecule has 0 atom stereocenters. The topological polar surface area (TPSA) is 63.9 Å². The summed E-state index contributed by atoms with van der Waals surface area (Å²) in [7, 11) is 0. The summed E-state index contributed by atoms with van der Waals surface area (Å²) in [5.74, 6) is 0.763. The Kier molecular flexibility index (Phi) is 4.82. The van der Waals surface area contributed by atoms with Crippen molar-refractivity contribution in [1.29, 1.82) is 0 Å². The highest BCUT2D eigenvalue weighted by molar-refractivity contribution is 6.00. The van der Waals surface area contributed by atoms with Crippen LogP contribution in [0.2, 0.25) is 0 Å². The summed E-state index contributed by atoms with van der Waals surface area (Å²) >= 11 is 0. The van der Waals surface area contributed by atoms with Gasteiger partial charge in [-0.2, -0.15) is 5.10 Å². The largest absolute Gasteiger partial charge is 0.328 e. The minimum Gasteiger partial charge on any atom is -0.328 e. The van der Waals surface area contributed by atoms with Crippen LogP contribution in [-0.2, 0) is 19.5 Å². The molecule has 0 radical (unpaired) electrons. The average Bonchev–Trinajstić information content (AvgIpc) is 3.44. The van der Waals surface area contributed by atoms with Gasteiger partial charge in [0.1, 0.15) is 11.5 Å². The first-order valence-electron chi connectivity index (χ1n) is 10.5. The summed E-state index contributed by atoms with van der Waals surface area (Å²) < 4.78 is 1.78. The lowest BCUT2D eigenvalue weighted by molar-refractivity contribution is 0.0751. The average molecular weight is 409 g/mol. The molecule has 3 heterocycles. The summed E-state index contributed by atoms with van der Waals surface area (Å²) in [6.07, 6.45) is 4.46. The van der Waals surface area contributed by atoms with Gasteiger partial charge in [-0.05, 0) is 19.1 Å². The minimum absolute atomic E-state index is 0.0474. The molecule has 0 saturated heterocycles. The standard InChI is InChI=1S/C25H23N5O/c1-3-23-26-13-19-14-29(16-22(19)27-23)25(31)21-15-30(20-7-5-4-6-8-20)28-24(21)18-11-9-17(2)10-12-18/h4-13,15H,3,14,16H2,1-2H3. The molecule has 2 aromatic carbocycles. The zero-order valence-electron chi connectivity index (χ0n) is 17.6. The van der Waals surface area contributed by atoms with Crippen LogP contribution in [0.1, 0.15) is 39.9 Å². The number of nitrogens with zero attached hydrogens (tertiary/aromatic N) is 5.